The summed E-state index contributed by atoms with van der Waals surface area (Å²) in [6.07, 6.45) is 0.339. The fourth-order valence-electron chi connectivity index (χ4n) is 3.46. The molecule has 15 heteroatoms. The molecule has 0 aliphatic rings. The summed E-state index contributed by atoms with van der Waals surface area (Å²) >= 11 is 0. The van der Waals surface area contributed by atoms with Crippen molar-refractivity contribution in [3.8, 4) is 5.75 Å². The lowest BCUT2D eigenvalue weighted by Gasteiger charge is -2.25. The van der Waals surface area contributed by atoms with Gasteiger partial charge < -0.3 is 47.1 Å². The summed E-state index contributed by atoms with van der Waals surface area (Å²) in [7, 11) is 0. The van der Waals surface area contributed by atoms with Gasteiger partial charge in [0.25, 0.3) is 0 Å². The van der Waals surface area contributed by atoms with Crippen LogP contribution in [0.15, 0.2) is 36.8 Å². The van der Waals surface area contributed by atoms with Crippen LogP contribution >= 0.6 is 0 Å². The van der Waals surface area contributed by atoms with E-state index < -0.39 is 66.4 Å². The third-order valence-corrected chi connectivity index (χ3v) is 5.70. The fourth-order valence-corrected chi connectivity index (χ4v) is 3.46. The Morgan fingerprint density at radius 2 is 1.51 bits per heavy atom. The standard InChI is InChI=1S/C24H32N6O9/c1-12(31)20(25)23(37)29-17(9-14-10-26-11-27-14)22(36)28-16(6-7-19(33)34)21(35)30-18(24(38)39)8-13-2-4-15(32)5-3-13/h2-5,10-12,16-18,20,31-32H,6-9,25H2,1H3,(H,26,27)(H,28,36)(H,29,37)(H,30,35)(H,33,34)(H,38,39). The molecule has 39 heavy (non-hydrogen) atoms. The molecule has 2 aromatic rings. The maximum Gasteiger partial charge on any atom is 0.326 e. The van der Waals surface area contributed by atoms with Crippen molar-refractivity contribution in [3.63, 3.8) is 0 Å². The number of aliphatic hydroxyl groups is 1. The predicted octanol–water partition coefficient (Wildman–Crippen LogP) is -1.99. The number of aromatic amines is 1. The fraction of sp³-hybridized carbons (Fsp3) is 0.417. The number of nitrogens with one attached hydrogen (secondary N) is 4. The molecule has 1 heterocycles. The van der Waals surface area contributed by atoms with Crippen molar-refractivity contribution in [3.05, 3.63) is 48.0 Å². The number of nitrogens with zero attached hydrogens (tertiary/aromatic N) is 1. The van der Waals surface area contributed by atoms with E-state index in [9.17, 15) is 39.3 Å². The molecule has 0 aliphatic carbocycles. The SMILES string of the molecule is CC(O)C(N)C(=O)NC(Cc1cnc[nH]1)C(=O)NC(CCC(=O)O)C(=O)NC(Cc1ccc(O)cc1)C(=O)O. The summed E-state index contributed by atoms with van der Waals surface area (Å²) in [5, 5.41) is 44.8. The summed E-state index contributed by atoms with van der Waals surface area (Å²) in [5.41, 5.74) is 6.58. The number of carboxylic acids is 2. The number of H-pyrrole nitrogens is 1. The molecule has 15 nitrogen and oxygen atoms in total. The number of amides is 3. The number of aliphatic carboxylic acids is 2. The van der Waals surface area contributed by atoms with Crippen molar-refractivity contribution >= 4 is 29.7 Å². The molecular formula is C24H32N6O9. The van der Waals surface area contributed by atoms with E-state index in [1.54, 1.807) is 0 Å². The first kappa shape index (κ1) is 30.7. The Kier molecular flexibility index (Phi) is 11.4. The smallest absolute Gasteiger partial charge is 0.326 e. The largest absolute Gasteiger partial charge is 0.508 e. The lowest BCUT2D eigenvalue weighted by Crippen LogP contribution is -2.58. The van der Waals surface area contributed by atoms with Gasteiger partial charge in [-0.1, -0.05) is 12.1 Å². The van der Waals surface area contributed by atoms with Gasteiger partial charge in [0.15, 0.2) is 0 Å². The number of carbonyl (C=O) groups is 5. The highest BCUT2D eigenvalue weighted by Crippen LogP contribution is 2.12. The van der Waals surface area contributed by atoms with Gasteiger partial charge in [-0.3, -0.25) is 19.2 Å². The highest BCUT2D eigenvalue weighted by atomic mass is 16.4. The number of phenols is 1. The number of imidazole rings is 1. The number of phenolic OH excluding ortho intramolecular Hbond substituents is 1. The number of hydrogen-bond donors (Lipinski definition) is 9. The number of aromatic hydroxyl groups is 1. The lowest BCUT2D eigenvalue weighted by atomic mass is 10.0. The molecule has 0 fully saturated rings. The minimum absolute atomic E-state index is 0.0303. The van der Waals surface area contributed by atoms with E-state index in [0.29, 0.717) is 11.3 Å². The van der Waals surface area contributed by atoms with Gasteiger partial charge in [-0.2, -0.15) is 0 Å². The number of carboxylic acid groups (broad SMARTS) is 2. The van der Waals surface area contributed by atoms with Crippen LogP contribution in [0.4, 0.5) is 0 Å². The zero-order chi connectivity index (χ0) is 29.1. The van der Waals surface area contributed by atoms with E-state index >= 15 is 0 Å². The molecule has 10 N–H and O–H groups in total. The van der Waals surface area contributed by atoms with Crippen LogP contribution in [0.5, 0.6) is 5.75 Å². The van der Waals surface area contributed by atoms with Gasteiger partial charge >= 0.3 is 11.9 Å². The van der Waals surface area contributed by atoms with Crippen LogP contribution in [0.3, 0.4) is 0 Å². The molecule has 0 saturated carbocycles. The number of rotatable bonds is 15. The van der Waals surface area contributed by atoms with Crippen LogP contribution in [-0.4, -0.2) is 90.3 Å². The maximum atomic E-state index is 13.2. The summed E-state index contributed by atoms with van der Waals surface area (Å²) in [6, 6.07) is 0.0774. The topological polar surface area (TPSA) is 257 Å². The Balaban J connectivity index is 2.22. The summed E-state index contributed by atoms with van der Waals surface area (Å²) in [6.45, 7) is 1.29. The van der Waals surface area contributed by atoms with E-state index in [1.165, 1.54) is 43.7 Å². The van der Waals surface area contributed by atoms with E-state index in [2.05, 4.69) is 25.9 Å². The Morgan fingerprint density at radius 3 is 2.05 bits per heavy atom. The Morgan fingerprint density at radius 1 is 0.923 bits per heavy atom. The molecule has 0 bridgehead atoms. The Hall–Kier alpha value is -4.50. The van der Waals surface area contributed by atoms with Crippen molar-refractivity contribution in [2.75, 3.05) is 0 Å². The minimum Gasteiger partial charge on any atom is -0.508 e. The number of aliphatic hydroxyl groups excluding tert-OH is 1. The molecular weight excluding hydrogens is 516 g/mol. The van der Waals surface area contributed by atoms with E-state index in [1.807, 2.05) is 0 Å². The van der Waals surface area contributed by atoms with Crippen LogP contribution < -0.4 is 21.7 Å². The van der Waals surface area contributed by atoms with Crippen LogP contribution in [0, 0.1) is 0 Å². The first-order chi connectivity index (χ1) is 18.4. The first-order valence-corrected chi connectivity index (χ1v) is 11.9. The van der Waals surface area contributed by atoms with Crippen molar-refractivity contribution in [2.45, 2.75) is 62.9 Å². The molecule has 5 unspecified atom stereocenters. The molecule has 2 rings (SSSR count). The third kappa shape index (κ3) is 10.1. The Bertz CT molecular complexity index is 1140. The molecule has 0 aliphatic heterocycles. The summed E-state index contributed by atoms with van der Waals surface area (Å²) in [5.74, 6) is -5.36. The third-order valence-electron chi connectivity index (χ3n) is 5.70. The van der Waals surface area contributed by atoms with Gasteiger partial charge in [-0.15, -0.1) is 0 Å². The predicted molar refractivity (Wildman–Crippen MR) is 134 cm³/mol. The highest BCUT2D eigenvalue weighted by Gasteiger charge is 2.31. The monoisotopic (exact) mass is 548 g/mol. The zero-order valence-electron chi connectivity index (χ0n) is 21.0. The summed E-state index contributed by atoms with van der Waals surface area (Å²) in [4.78, 5) is 68.2. The second-order valence-corrected chi connectivity index (χ2v) is 8.87. The number of hydrogen-bond acceptors (Lipinski definition) is 9. The molecule has 5 atom stereocenters. The molecule has 212 valence electrons. The van der Waals surface area contributed by atoms with Crippen LogP contribution in [0.2, 0.25) is 0 Å². The van der Waals surface area contributed by atoms with Crippen LogP contribution in [-0.2, 0) is 36.8 Å². The minimum atomic E-state index is -1.47. The molecule has 3 amide bonds. The lowest BCUT2D eigenvalue weighted by molar-refractivity contribution is -0.143. The maximum absolute atomic E-state index is 13.2. The molecule has 1 aromatic heterocycles. The van der Waals surface area contributed by atoms with E-state index in [0.717, 1.165) is 0 Å². The second kappa shape index (κ2) is 14.4. The van der Waals surface area contributed by atoms with Gasteiger partial charge in [0.05, 0.1) is 12.4 Å². The number of carbonyl (C=O) groups excluding carboxylic acids is 3. The van der Waals surface area contributed by atoms with Crippen molar-refractivity contribution in [2.24, 2.45) is 5.73 Å². The normalized spacial score (nSPS) is 14.7. The average Bonchev–Trinajstić information content (AvgIpc) is 3.39. The molecule has 0 radical (unpaired) electrons. The zero-order valence-corrected chi connectivity index (χ0v) is 21.0. The number of benzene rings is 1. The molecule has 0 spiro atoms. The van der Waals surface area contributed by atoms with E-state index in [-0.39, 0.29) is 25.0 Å². The highest BCUT2D eigenvalue weighted by molar-refractivity contribution is 5.94. The number of aromatic nitrogens is 2. The molecule has 1 aromatic carbocycles. The number of nitrogens with two attached hydrogens (primary N) is 1. The van der Waals surface area contributed by atoms with Crippen molar-refractivity contribution in [1.82, 2.24) is 25.9 Å². The summed E-state index contributed by atoms with van der Waals surface area (Å²) < 4.78 is 0. The average molecular weight is 549 g/mol. The Labute approximate surface area is 222 Å². The van der Waals surface area contributed by atoms with Gasteiger partial charge in [0.2, 0.25) is 17.7 Å². The van der Waals surface area contributed by atoms with Gasteiger partial charge in [0.1, 0.15) is 29.9 Å². The van der Waals surface area contributed by atoms with Gasteiger partial charge in [-0.25, -0.2) is 9.78 Å². The van der Waals surface area contributed by atoms with Crippen LogP contribution in [0.25, 0.3) is 0 Å². The second-order valence-electron chi connectivity index (χ2n) is 8.87. The van der Waals surface area contributed by atoms with Gasteiger partial charge in [0, 0.05) is 31.2 Å². The van der Waals surface area contributed by atoms with Crippen molar-refractivity contribution in [1.29, 1.82) is 0 Å². The molecule has 0 saturated heterocycles. The van der Waals surface area contributed by atoms with Crippen molar-refractivity contribution < 1.29 is 44.4 Å². The van der Waals surface area contributed by atoms with Crippen LogP contribution in [0.1, 0.15) is 31.0 Å². The first-order valence-electron chi connectivity index (χ1n) is 11.9. The van der Waals surface area contributed by atoms with E-state index in [4.69, 9.17) is 10.8 Å². The van der Waals surface area contributed by atoms with Gasteiger partial charge in [-0.05, 0) is 31.0 Å². The quantitative estimate of drug-likeness (QED) is 0.118.